The third-order valence-corrected chi connectivity index (χ3v) is 4.86. The summed E-state index contributed by atoms with van der Waals surface area (Å²) >= 11 is 7.76. The van der Waals surface area contributed by atoms with E-state index in [1.807, 2.05) is 36.4 Å². The molecule has 0 saturated heterocycles. The average molecular weight is 369 g/mol. The summed E-state index contributed by atoms with van der Waals surface area (Å²) in [6.07, 6.45) is 1.71. The number of hydrogen-bond acceptors (Lipinski definition) is 5. The van der Waals surface area contributed by atoms with Crippen molar-refractivity contribution in [2.75, 3.05) is 10.7 Å². The van der Waals surface area contributed by atoms with Gasteiger partial charge in [-0.25, -0.2) is 0 Å². The Morgan fingerprint density at radius 2 is 2.04 bits per heavy atom. The summed E-state index contributed by atoms with van der Waals surface area (Å²) in [5.41, 5.74) is 6.67. The predicted octanol–water partition coefficient (Wildman–Crippen LogP) is 4.59. The van der Waals surface area contributed by atoms with E-state index in [1.165, 1.54) is 11.9 Å². The number of benzene rings is 2. The fourth-order valence-corrected chi connectivity index (χ4v) is 3.36. The first-order valence-electron chi connectivity index (χ1n) is 7.55. The van der Waals surface area contributed by atoms with Gasteiger partial charge in [0.05, 0.1) is 16.4 Å². The monoisotopic (exact) mass is 368 g/mol. The van der Waals surface area contributed by atoms with Crippen LogP contribution < -0.4 is 15.6 Å². The van der Waals surface area contributed by atoms with E-state index in [1.54, 1.807) is 24.4 Å². The number of anilines is 2. The van der Waals surface area contributed by atoms with Crippen molar-refractivity contribution in [3.05, 3.63) is 71.4 Å². The van der Waals surface area contributed by atoms with Crippen molar-refractivity contribution in [2.24, 2.45) is 0 Å². The lowest BCUT2D eigenvalue weighted by molar-refractivity contribution is 0.102. The van der Waals surface area contributed by atoms with Gasteiger partial charge in [0, 0.05) is 27.9 Å². The number of nitrogens with zero attached hydrogens (tertiary/aromatic N) is 1. The standard InChI is InChI=1S/C18H13ClN4OS/c19-14-6-5-12(10-13(14)15-3-1-2-8-20-15)21-18(24)11-4-7-17-16(9-11)22-23-25-17/h1-10,22-23H,(H,21,24). The van der Waals surface area contributed by atoms with E-state index in [0.29, 0.717) is 16.3 Å². The summed E-state index contributed by atoms with van der Waals surface area (Å²) in [5, 5.41) is 3.49. The summed E-state index contributed by atoms with van der Waals surface area (Å²) < 4.78 is 0. The van der Waals surface area contributed by atoms with Crippen LogP contribution in [0.2, 0.25) is 5.02 Å². The maximum atomic E-state index is 12.5. The second kappa shape index (κ2) is 6.76. The first kappa shape index (κ1) is 16.0. The Morgan fingerprint density at radius 1 is 1.12 bits per heavy atom. The largest absolute Gasteiger partial charge is 0.322 e. The van der Waals surface area contributed by atoms with Crippen molar-refractivity contribution in [3.63, 3.8) is 0 Å². The minimum Gasteiger partial charge on any atom is -0.322 e. The van der Waals surface area contributed by atoms with Crippen LogP contribution in [0.1, 0.15) is 10.4 Å². The number of rotatable bonds is 3. The van der Waals surface area contributed by atoms with Crippen molar-refractivity contribution in [1.82, 2.24) is 9.82 Å². The summed E-state index contributed by atoms with van der Waals surface area (Å²) in [6, 6.07) is 16.5. The van der Waals surface area contributed by atoms with Gasteiger partial charge in [-0.15, -0.1) is 0 Å². The molecule has 5 nitrogen and oxygen atoms in total. The Bertz CT molecular complexity index is 949. The van der Waals surface area contributed by atoms with Gasteiger partial charge < -0.3 is 10.7 Å². The molecule has 0 spiro atoms. The van der Waals surface area contributed by atoms with Gasteiger partial charge in [0.25, 0.3) is 5.91 Å². The summed E-state index contributed by atoms with van der Waals surface area (Å²) in [4.78, 5) is 20.8. The Hall–Kier alpha value is -2.54. The van der Waals surface area contributed by atoms with Gasteiger partial charge in [0.2, 0.25) is 0 Å². The normalized spacial score (nSPS) is 12.4. The molecule has 3 N–H and O–H groups in total. The van der Waals surface area contributed by atoms with E-state index in [-0.39, 0.29) is 5.91 Å². The Labute approximate surface area is 153 Å². The first-order valence-corrected chi connectivity index (χ1v) is 8.74. The molecule has 0 saturated carbocycles. The number of carbonyl (C=O) groups is 1. The van der Waals surface area contributed by atoms with Gasteiger partial charge in [0.1, 0.15) is 0 Å². The van der Waals surface area contributed by atoms with E-state index in [4.69, 9.17) is 11.6 Å². The molecule has 0 bridgehead atoms. The number of aromatic nitrogens is 1. The number of carbonyl (C=O) groups excluding carboxylic acids is 1. The molecule has 0 radical (unpaired) electrons. The van der Waals surface area contributed by atoms with Crippen LogP contribution >= 0.6 is 23.5 Å². The second-order valence-electron chi connectivity index (χ2n) is 5.40. The molecule has 7 heteroatoms. The van der Waals surface area contributed by atoms with Gasteiger partial charge in [-0.2, -0.15) is 4.83 Å². The SMILES string of the molecule is O=C(Nc1ccc(Cl)c(-c2ccccn2)c1)c1ccc2c(c1)NNS2. The van der Waals surface area contributed by atoms with Crippen molar-refractivity contribution in [1.29, 1.82) is 0 Å². The van der Waals surface area contributed by atoms with Gasteiger partial charge in [-0.3, -0.25) is 9.78 Å². The molecular weight excluding hydrogens is 356 g/mol. The molecule has 1 aliphatic heterocycles. The predicted molar refractivity (Wildman–Crippen MR) is 102 cm³/mol. The zero-order chi connectivity index (χ0) is 17.2. The molecular formula is C18H13ClN4OS. The van der Waals surface area contributed by atoms with Crippen LogP contribution in [-0.2, 0) is 0 Å². The van der Waals surface area contributed by atoms with E-state index in [0.717, 1.165) is 21.8 Å². The third-order valence-electron chi connectivity index (χ3n) is 3.75. The van der Waals surface area contributed by atoms with Crippen LogP contribution in [0.5, 0.6) is 0 Å². The van der Waals surface area contributed by atoms with Crippen LogP contribution in [0.4, 0.5) is 11.4 Å². The minimum atomic E-state index is -0.184. The lowest BCUT2D eigenvalue weighted by Gasteiger charge is -2.10. The van der Waals surface area contributed by atoms with Crippen molar-refractivity contribution < 1.29 is 4.79 Å². The molecule has 1 aliphatic rings. The van der Waals surface area contributed by atoms with Crippen molar-refractivity contribution >= 4 is 40.8 Å². The molecule has 2 aromatic carbocycles. The topological polar surface area (TPSA) is 66.0 Å². The van der Waals surface area contributed by atoms with Gasteiger partial charge in [0.15, 0.2) is 0 Å². The van der Waals surface area contributed by atoms with Crippen LogP contribution in [0.15, 0.2) is 65.7 Å². The smallest absolute Gasteiger partial charge is 0.255 e. The quantitative estimate of drug-likeness (QED) is 0.590. The average Bonchev–Trinajstić information content (AvgIpc) is 3.11. The molecule has 4 rings (SSSR count). The molecule has 0 atom stereocenters. The number of halogens is 1. The highest BCUT2D eigenvalue weighted by Crippen LogP contribution is 2.32. The lowest BCUT2D eigenvalue weighted by Crippen LogP contribution is -2.12. The zero-order valence-corrected chi connectivity index (χ0v) is 14.5. The zero-order valence-electron chi connectivity index (χ0n) is 12.9. The van der Waals surface area contributed by atoms with Gasteiger partial charge in [-0.1, -0.05) is 17.7 Å². The molecule has 1 amide bonds. The Balaban J connectivity index is 1.59. The first-order chi connectivity index (χ1) is 12.2. The molecule has 1 aromatic heterocycles. The number of hydrazine groups is 1. The van der Waals surface area contributed by atoms with E-state index in [9.17, 15) is 4.79 Å². The number of amides is 1. The highest BCUT2D eigenvalue weighted by Gasteiger charge is 2.15. The third kappa shape index (κ3) is 3.32. The summed E-state index contributed by atoms with van der Waals surface area (Å²) in [6.45, 7) is 0. The Morgan fingerprint density at radius 3 is 2.88 bits per heavy atom. The molecule has 2 heterocycles. The van der Waals surface area contributed by atoms with Gasteiger partial charge in [-0.05, 0) is 60.5 Å². The molecule has 0 fully saturated rings. The molecule has 0 aliphatic carbocycles. The molecule has 3 aromatic rings. The van der Waals surface area contributed by atoms with Gasteiger partial charge >= 0.3 is 0 Å². The van der Waals surface area contributed by atoms with Crippen LogP contribution in [0, 0.1) is 0 Å². The van der Waals surface area contributed by atoms with Crippen LogP contribution in [-0.4, -0.2) is 10.9 Å². The minimum absolute atomic E-state index is 0.184. The fraction of sp³-hybridized carbons (Fsp3) is 0. The number of pyridine rings is 1. The number of nitrogens with one attached hydrogen (secondary N) is 3. The molecule has 124 valence electrons. The van der Waals surface area contributed by atoms with Crippen molar-refractivity contribution in [2.45, 2.75) is 4.90 Å². The lowest BCUT2D eigenvalue weighted by atomic mass is 10.1. The van der Waals surface area contributed by atoms with Crippen molar-refractivity contribution in [3.8, 4) is 11.3 Å². The summed E-state index contributed by atoms with van der Waals surface area (Å²) in [7, 11) is 0. The maximum absolute atomic E-state index is 12.5. The van der Waals surface area contributed by atoms with Crippen LogP contribution in [0.25, 0.3) is 11.3 Å². The highest BCUT2D eigenvalue weighted by molar-refractivity contribution is 7.98. The highest BCUT2D eigenvalue weighted by atomic mass is 35.5. The fourth-order valence-electron chi connectivity index (χ4n) is 2.52. The second-order valence-corrected chi connectivity index (χ2v) is 6.66. The van der Waals surface area contributed by atoms with Crippen LogP contribution in [0.3, 0.4) is 0 Å². The van der Waals surface area contributed by atoms with E-state index >= 15 is 0 Å². The summed E-state index contributed by atoms with van der Waals surface area (Å²) in [5.74, 6) is -0.184. The maximum Gasteiger partial charge on any atom is 0.255 e. The van der Waals surface area contributed by atoms with E-state index < -0.39 is 0 Å². The van der Waals surface area contributed by atoms with E-state index in [2.05, 4.69) is 20.6 Å². The Kier molecular flexibility index (Phi) is 4.31. The number of hydrogen-bond donors (Lipinski definition) is 3. The molecule has 25 heavy (non-hydrogen) atoms. The number of fused-ring (bicyclic) bond motifs is 1. The molecule has 0 unspecified atom stereocenters.